The number of amides is 1. The lowest BCUT2D eigenvalue weighted by atomic mass is 10.4. The van der Waals surface area contributed by atoms with Crippen LogP contribution in [0.1, 0.15) is 17.4 Å². The second-order valence-corrected chi connectivity index (χ2v) is 3.75. The lowest BCUT2D eigenvalue weighted by Crippen LogP contribution is -2.22. The maximum atomic E-state index is 12.3. The van der Waals surface area contributed by atoms with E-state index in [2.05, 4.69) is 4.98 Å². The fourth-order valence-electron chi connectivity index (χ4n) is 1.63. The Kier molecular flexibility index (Phi) is 3.92. The van der Waals surface area contributed by atoms with E-state index in [1.807, 2.05) is 5.32 Å². The number of nitrogens with one attached hydrogen (secondary N) is 1. The van der Waals surface area contributed by atoms with Crippen molar-refractivity contribution in [3.05, 3.63) is 30.1 Å². The van der Waals surface area contributed by atoms with Crippen molar-refractivity contribution < 1.29 is 23.1 Å². The molecule has 2 heterocycles. The standard InChI is InChI=1S/C12H11F2N3O3/c1-2-20-12(19)8-10(16-11(18)9(13)14)17-6-4-3-5-7(17)15-8/h3-6,9H,2H2,1H3,(H,16,18). The lowest BCUT2D eigenvalue weighted by Gasteiger charge is -2.06. The molecule has 0 aliphatic carbocycles. The molecule has 0 saturated heterocycles. The van der Waals surface area contributed by atoms with Crippen LogP contribution < -0.4 is 5.32 Å². The van der Waals surface area contributed by atoms with Crippen LogP contribution in [0.15, 0.2) is 24.4 Å². The summed E-state index contributed by atoms with van der Waals surface area (Å²) in [5.41, 5.74) is 0.118. The van der Waals surface area contributed by atoms with Crippen LogP contribution in [0.2, 0.25) is 0 Å². The van der Waals surface area contributed by atoms with Crippen LogP contribution in [0.3, 0.4) is 0 Å². The number of aromatic nitrogens is 2. The van der Waals surface area contributed by atoms with Gasteiger partial charge in [0.25, 0.3) is 5.91 Å². The molecule has 1 N–H and O–H groups in total. The second-order valence-electron chi connectivity index (χ2n) is 3.75. The van der Waals surface area contributed by atoms with E-state index in [0.29, 0.717) is 5.65 Å². The molecule has 8 heteroatoms. The third-order valence-corrected chi connectivity index (χ3v) is 2.44. The Labute approximate surface area is 112 Å². The summed E-state index contributed by atoms with van der Waals surface area (Å²) in [6, 6.07) is 4.85. The zero-order chi connectivity index (χ0) is 14.7. The fraction of sp³-hybridized carbons (Fsp3) is 0.250. The molecule has 20 heavy (non-hydrogen) atoms. The van der Waals surface area contributed by atoms with Crippen molar-refractivity contribution >= 4 is 23.3 Å². The van der Waals surface area contributed by atoms with Gasteiger partial charge in [0.1, 0.15) is 5.65 Å². The number of hydrogen-bond acceptors (Lipinski definition) is 4. The summed E-state index contributed by atoms with van der Waals surface area (Å²) in [5, 5.41) is 1.98. The first-order chi connectivity index (χ1) is 9.54. The van der Waals surface area contributed by atoms with Gasteiger partial charge < -0.3 is 10.1 Å². The number of alkyl halides is 2. The highest BCUT2D eigenvalue weighted by molar-refractivity contribution is 6.00. The molecule has 106 valence electrons. The maximum absolute atomic E-state index is 12.3. The Morgan fingerprint density at radius 3 is 2.85 bits per heavy atom. The number of fused-ring (bicyclic) bond motifs is 1. The second kappa shape index (κ2) is 5.64. The van der Waals surface area contributed by atoms with E-state index in [4.69, 9.17) is 4.74 Å². The lowest BCUT2D eigenvalue weighted by molar-refractivity contribution is -0.126. The smallest absolute Gasteiger partial charge is 0.360 e. The number of ether oxygens (including phenoxy) is 1. The number of rotatable bonds is 4. The van der Waals surface area contributed by atoms with E-state index >= 15 is 0 Å². The van der Waals surface area contributed by atoms with Gasteiger partial charge in [-0.3, -0.25) is 9.20 Å². The molecule has 0 radical (unpaired) electrons. The van der Waals surface area contributed by atoms with Crippen molar-refractivity contribution in [3.63, 3.8) is 0 Å². The molecule has 1 amide bonds. The van der Waals surface area contributed by atoms with Gasteiger partial charge in [-0.15, -0.1) is 0 Å². The van der Waals surface area contributed by atoms with Crippen LogP contribution in [0.25, 0.3) is 5.65 Å². The number of esters is 1. The Balaban J connectivity index is 2.50. The van der Waals surface area contributed by atoms with Crippen LogP contribution in [0, 0.1) is 0 Å². The fourth-order valence-corrected chi connectivity index (χ4v) is 1.63. The molecule has 0 spiro atoms. The highest BCUT2D eigenvalue weighted by atomic mass is 19.3. The number of halogens is 2. The summed E-state index contributed by atoms with van der Waals surface area (Å²) in [7, 11) is 0. The minimum atomic E-state index is -3.20. The molecule has 0 fully saturated rings. The molecule has 0 aliphatic rings. The number of imidazole rings is 1. The number of pyridine rings is 1. The van der Waals surface area contributed by atoms with E-state index in [9.17, 15) is 18.4 Å². The SMILES string of the molecule is CCOC(=O)c1nc2ccccn2c1NC(=O)C(F)F. The number of nitrogens with zero attached hydrogens (tertiary/aromatic N) is 2. The van der Waals surface area contributed by atoms with Gasteiger partial charge >= 0.3 is 12.4 Å². The molecular weight excluding hydrogens is 272 g/mol. The molecule has 2 aromatic rings. The van der Waals surface area contributed by atoms with E-state index in [1.54, 1.807) is 25.1 Å². The summed E-state index contributed by atoms with van der Waals surface area (Å²) in [6.07, 6.45) is -1.70. The number of hydrogen-bond donors (Lipinski definition) is 1. The molecule has 0 aromatic carbocycles. The summed E-state index contributed by atoms with van der Waals surface area (Å²) < 4.78 is 30.8. The van der Waals surface area contributed by atoms with Crippen molar-refractivity contribution in [1.29, 1.82) is 0 Å². The van der Waals surface area contributed by atoms with Crippen molar-refractivity contribution in [2.24, 2.45) is 0 Å². The van der Waals surface area contributed by atoms with Gasteiger partial charge in [-0.1, -0.05) is 6.07 Å². The monoisotopic (exact) mass is 283 g/mol. The van der Waals surface area contributed by atoms with E-state index < -0.39 is 18.3 Å². The van der Waals surface area contributed by atoms with Gasteiger partial charge in [0.05, 0.1) is 6.61 Å². The van der Waals surface area contributed by atoms with Crippen molar-refractivity contribution in [2.45, 2.75) is 13.3 Å². The molecule has 2 rings (SSSR count). The average molecular weight is 283 g/mol. The minimum absolute atomic E-state index is 0.106. The minimum Gasteiger partial charge on any atom is -0.461 e. The predicted octanol–water partition coefficient (Wildman–Crippen LogP) is 1.71. The predicted molar refractivity (Wildman–Crippen MR) is 65.8 cm³/mol. The number of carbonyl (C=O) groups excluding carboxylic acids is 2. The summed E-state index contributed by atoms with van der Waals surface area (Å²) in [4.78, 5) is 26.9. The first-order valence-corrected chi connectivity index (χ1v) is 5.77. The molecule has 0 saturated carbocycles. The third-order valence-electron chi connectivity index (χ3n) is 2.44. The Morgan fingerprint density at radius 1 is 1.45 bits per heavy atom. The van der Waals surface area contributed by atoms with Crippen molar-refractivity contribution in [2.75, 3.05) is 11.9 Å². The molecular formula is C12H11F2N3O3. The Bertz CT molecular complexity index is 654. The molecule has 0 atom stereocenters. The van der Waals surface area contributed by atoms with Crippen molar-refractivity contribution in [3.8, 4) is 0 Å². The molecule has 0 bridgehead atoms. The van der Waals surface area contributed by atoms with E-state index in [0.717, 1.165) is 0 Å². The highest BCUT2D eigenvalue weighted by Gasteiger charge is 2.24. The zero-order valence-corrected chi connectivity index (χ0v) is 10.5. The highest BCUT2D eigenvalue weighted by Crippen LogP contribution is 2.19. The molecule has 6 nitrogen and oxygen atoms in total. The largest absolute Gasteiger partial charge is 0.461 e. The summed E-state index contributed by atoms with van der Waals surface area (Å²) in [5.74, 6) is -2.44. The molecule has 0 aliphatic heterocycles. The van der Waals surface area contributed by atoms with Crippen LogP contribution in [0.5, 0.6) is 0 Å². The zero-order valence-electron chi connectivity index (χ0n) is 10.5. The van der Waals surface area contributed by atoms with E-state index in [-0.39, 0.29) is 18.1 Å². The van der Waals surface area contributed by atoms with Gasteiger partial charge in [0, 0.05) is 6.20 Å². The van der Waals surface area contributed by atoms with Crippen LogP contribution in [0.4, 0.5) is 14.6 Å². The van der Waals surface area contributed by atoms with Crippen LogP contribution in [-0.2, 0) is 9.53 Å². The topological polar surface area (TPSA) is 72.7 Å². The van der Waals surface area contributed by atoms with Gasteiger partial charge in [0.2, 0.25) is 0 Å². The summed E-state index contributed by atoms with van der Waals surface area (Å²) in [6.45, 7) is 1.71. The third kappa shape index (κ3) is 2.58. The quantitative estimate of drug-likeness (QED) is 0.867. The molecule has 2 aromatic heterocycles. The van der Waals surface area contributed by atoms with E-state index in [1.165, 1.54) is 10.6 Å². The number of anilines is 1. The van der Waals surface area contributed by atoms with Gasteiger partial charge in [0.15, 0.2) is 11.5 Å². The Hall–Kier alpha value is -2.51. The first kappa shape index (κ1) is 13.9. The Morgan fingerprint density at radius 2 is 2.20 bits per heavy atom. The van der Waals surface area contributed by atoms with Gasteiger partial charge in [-0.25, -0.2) is 9.78 Å². The van der Waals surface area contributed by atoms with Crippen LogP contribution >= 0.6 is 0 Å². The van der Waals surface area contributed by atoms with Gasteiger partial charge in [-0.05, 0) is 19.1 Å². The van der Waals surface area contributed by atoms with Gasteiger partial charge in [-0.2, -0.15) is 8.78 Å². The normalized spacial score (nSPS) is 10.8. The average Bonchev–Trinajstić information content (AvgIpc) is 2.78. The van der Waals surface area contributed by atoms with Crippen molar-refractivity contribution in [1.82, 2.24) is 9.38 Å². The maximum Gasteiger partial charge on any atom is 0.360 e. The number of carbonyl (C=O) groups is 2. The summed E-state index contributed by atoms with van der Waals surface area (Å²) >= 11 is 0. The first-order valence-electron chi connectivity index (χ1n) is 5.77. The van der Waals surface area contributed by atoms with Crippen LogP contribution in [-0.4, -0.2) is 34.3 Å². The molecule has 0 unspecified atom stereocenters.